The number of rotatable bonds is 5. The quantitative estimate of drug-likeness (QED) is 0.639. The predicted molar refractivity (Wildman–Crippen MR) is 104 cm³/mol. The van der Waals surface area contributed by atoms with Crippen molar-refractivity contribution in [3.05, 3.63) is 41.7 Å². The SMILES string of the molecule is CC(C)(C)[Si](C)(C)Oc1cccc(C(=O)c2cnn([C@H]3CCCN3)n2)c1. The molecular formula is C19H28N4O2Si. The zero-order valence-corrected chi connectivity index (χ0v) is 17.2. The van der Waals surface area contributed by atoms with Crippen LogP contribution in [0.4, 0.5) is 0 Å². The summed E-state index contributed by atoms with van der Waals surface area (Å²) in [6, 6.07) is 7.39. The summed E-state index contributed by atoms with van der Waals surface area (Å²) < 4.78 is 6.31. The van der Waals surface area contributed by atoms with Gasteiger partial charge in [-0.25, -0.2) is 0 Å². The topological polar surface area (TPSA) is 69.0 Å². The average Bonchev–Trinajstić information content (AvgIpc) is 3.24. The van der Waals surface area contributed by atoms with Gasteiger partial charge in [-0.2, -0.15) is 9.90 Å². The van der Waals surface area contributed by atoms with Gasteiger partial charge in [-0.3, -0.25) is 10.1 Å². The van der Waals surface area contributed by atoms with Crippen LogP contribution in [-0.2, 0) is 0 Å². The van der Waals surface area contributed by atoms with Crippen LogP contribution < -0.4 is 9.74 Å². The molecule has 1 fully saturated rings. The number of nitrogens with zero attached hydrogens (tertiary/aromatic N) is 3. The number of carbonyl (C=O) groups excluding carboxylic acids is 1. The lowest BCUT2D eigenvalue weighted by atomic mass is 10.1. The first-order valence-electron chi connectivity index (χ1n) is 9.16. The normalized spacial score (nSPS) is 18.1. The van der Waals surface area contributed by atoms with Crippen LogP contribution in [0, 0.1) is 0 Å². The van der Waals surface area contributed by atoms with Crippen LogP contribution in [-0.4, -0.2) is 35.6 Å². The molecule has 1 aromatic heterocycles. The Balaban J connectivity index is 1.78. The summed E-state index contributed by atoms with van der Waals surface area (Å²) in [5.41, 5.74) is 0.941. The first-order valence-corrected chi connectivity index (χ1v) is 12.1. The zero-order chi connectivity index (χ0) is 18.9. The second-order valence-corrected chi connectivity index (χ2v) is 13.1. The lowest BCUT2D eigenvalue weighted by Gasteiger charge is -2.36. The maximum atomic E-state index is 12.8. The van der Waals surface area contributed by atoms with E-state index >= 15 is 0 Å². The van der Waals surface area contributed by atoms with Gasteiger partial charge < -0.3 is 4.43 Å². The molecule has 1 saturated heterocycles. The Labute approximate surface area is 156 Å². The van der Waals surface area contributed by atoms with Crippen LogP contribution in [0.3, 0.4) is 0 Å². The highest BCUT2D eigenvalue weighted by Crippen LogP contribution is 2.37. The van der Waals surface area contributed by atoms with Gasteiger partial charge in [0.05, 0.1) is 6.20 Å². The van der Waals surface area contributed by atoms with Crippen molar-refractivity contribution in [2.75, 3.05) is 6.54 Å². The number of aromatic nitrogens is 3. The van der Waals surface area contributed by atoms with Crippen LogP contribution in [0.1, 0.15) is 55.8 Å². The average molecular weight is 373 g/mol. The van der Waals surface area contributed by atoms with Gasteiger partial charge >= 0.3 is 0 Å². The number of hydrogen-bond donors (Lipinski definition) is 1. The third-order valence-corrected chi connectivity index (χ3v) is 9.69. The molecule has 1 aliphatic rings. The van der Waals surface area contributed by atoms with Crippen LogP contribution in [0.25, 0.3) is 0 Å². The summed E-state index contributed by atoms with van der Waals surface area (Å²) in [5.74, 6) is 0.613. The van der Waals surface area contributed by atoms with E-state index in [1.807, 2.05) is 18.2 Å². The first kappa shape index (κ1) is 18.8. The molecule has 0 aliphatic carbocycles. The van der Waals surface area contributed by atoms with E-state index in [-0.39, 0.29) is 17.0 Å². The van der Waals surface area contributed by atoms with Crippen LogP contribution >= 0.6 is 0 Å². The maximum Gasteiger partial charge on any atom is 0.250 e. The van der Waals surface area contributed by atoms with Crippen molar-refractivity contribution in [1.29, 1.82) is 0 Å². The molecule has 3 rings (SSSR count). The molecule has 1 N–H and O–H groups in total. The lowest BCUT2D eigenvalue weighted by Crippen LogP contribution is -2.43. The number of hydrogen-bond acceptors (Lipinski definition) is 5. The highest BCUT2D eigenvalue weighted by molar-refractivity contribution is 6.74. The van der Waals surface area contributed by atoms with Gasteiger partial charge in [0.25, 0.3) is 0 Å². The highest BCUT2D eigenvalue weighted by atomic mass is 28.4. The lowest BCUT2D eigenvalue weighted by molar-refractivity contribution is 0.103. The number of benzene rings is 1. The molecule has 0 saturated carbocycles. The minimum absolute atomic E-state index is 0.0878. The highest BCUT2D eigenvalue weighted by Gasteiger charge is 2.39. The van der Waals surface area contributed by atoms with Crippen molar-refractivity contribution >= 4 is 14.1 Å². The van der Waals surface area contributed by atoms with Gasteiger partial charge in [-0.15, -0.1) is 5.10 Å². The molecule has 7 heteroatoms. The molecule has 0 radical (unpaired) electrons. The standard InChI is InChI=1S/C19H28N4O2Si/c1-19(2,3)26(4,5)25-15-9-6-8-14(12-15)18(24)16-13-21-23(22-16)17-10-7-11-20-17/h6,8-9,12-13,17,20H,7,10-11H2,1-5H3/t17-/m0/s1. The Morgan fingerprint density at radius 1 is 1.35 bits per heavy atom. The molecule has 0 amide bonds. The Hall–Kier alpha value is -1.99. The third kappa shape index (κ3) is 3.88. The van der Waals surface area contributed by atoms with Gasteiger partial charge in [0, 0.05) is 5.56 Å². The second kappa shape index (κ2) is 6.96. The van der Waals surface area contributed by atoms with E-state index in [9.17, 15) is 4.79 Å². The molecule has 26 heavy (non-hydrogen) atoms. The monoisotopic (exact) mass is 372 g/mol. The number of carbonyl (C=O) groups is 1. The fourth-order valence-electron chi connectivity index (χ4n) is 2.69. The van der Waals surface area contributed by atoms with Gasteiger partial charge in [0.15, 0.2) is 5.69 Å². The van der Waals surface area contributed by atoms with Crippen molar-refractivity contribution in [1.82, 2.24) is 20.3 Å². The van der Waals surface area contributed by atoms with E-state index in [2.05, 4.69) is 49.4 Å². The Kier molecular flexibility index (Phi) is 5.03. The van der Waals surface area contributed by atoms with Gasteiger partial charge in [0.1, 0.15) is 11.9 Å². The fourth-order valence-corrected chi connectivity index (χ4v) is 3.71. The summed E-state index contributed by atoms with van der Waals surface area (Å²) >= 11 is 0. The Morgan fingerprint density at radius 3 is 2.77 bits per heavy atom. The smallest absolute Gasteiger partial charge is 0.250 e. The van der Waals surface area contributed by atoms with Gasteiger partial charge in [-0.05, 0) is 49.7 Å². The molecule has 1 aliphatic heterocycles. The molecule has 1 atom stereocenters. The first-order chi connectivity index (χ1) is 12.2. The summed E-state index contributed by atoms with van der Waals surface area (Å²) in [6.45, 7) is 11.9. The minimum Gasteiger partial charge on any atom is -0.543 e. The van der Waals surface area contributed by atoms with Gasteiger partial charge in [-0.1, -0.05) is 32.9 Å². The van der Waals surface area contributed by atoms with Crippen LogP contribution in [0.2, 0.25) is 18.1 Å². The third-order valence-electron chi connectivity index (χ3n) is 5.33. The van der Waals surface area contributed by atoms with Crippen molar-refractivity contribution in [3.8, 4) is 5.75 Å². The molecule has 2 heterocycles. The maximum absolute atomic E-state index is 12.8. The molecule has 0 unspecified atom stereocenters. The van der Waals surface area contributed by atoms with Crippen molar-refractivity contribution in [3.63, 3.8) is 0 Å². The molecule has 1 aromatic carbocycles. The summed E-state index contributed by atoms with van der Waals surface area (Å²) in [6.07, 6.45) is 3.72. The summed E-state index contributed by atoms with van der Waals surface area (Å²) in [4.78, 5) is 14.4. The Bertz CT molecular complexity index is 789. The summed E-state index contributed by atoms with van der Waals surface area (Å²) in [7, 11) is -1.95. The molecular weight excluding hydrogens is 344 g/mol. The van der Waals surface area contributed by atoms with E-state index in [1.54, 1.807) is 17.1 Å². The molecule has 0 bridgehead atoms. The Morgan fingerprint density at radius 2 is 2.12 bits per heavy atom. The molecule has 6 nitrogen and oxygen atoms in total. The molecule has 0 spiro atoms. The molecule has 2 aromatic rings. The van der Waals surface area contributed by atoms with Crippen molar-refractivity contribution in [2.24, 2.45) is 0 Å². The summed E-state index contributed by atoms with van der Waals surface area (Å²) in [5, 5.41) is 12.1. The van der Waals surface area contributed by atoms with Crippen molar-refractivity contribution < 1.29 is 9.22 Å². The van der Waals surface area contributed by atoms with E-state index in [0.29, 0.717) is 11.3 Å². The van der Waals surface area contributed by atoms with E-state index in [0.717, 1.165) is 25.1 Å². The largest absolute Gasteiger partial charge is 0.543 e. The van der Waals surface area contributed by atoms with Crippen molar-refractivity contribution in [2.45, 2.75) is 57.9 Å². The fraction of sp³-hybridized carbons (Fsp3) is 0.526. The second-order valence-electron chi connectivity index (χ2n) is 8.38. The van der Waals surface area contributed by atoms with Crippen LogP contribution in [0.15, 0.2) is 30.5 Å². The predicted octanol–water partition coefficient (Wildman–Crippen LogP) is 3.78. The van der Waals surface area contributed by atoms with E-state index < -0.39 is 8.32 Å². The van der Waals surface area contributed by atoms with E-state index in [4.69, 9.17) is 4.43 Å². The van der Waals surface area contributed by atoms with Crippen LogP contribution in [0.5, 0.6) is 5.75 Å². The van der Waals surface area contributed by atoms with Gasteiger partial charge in [0.2, 0.25) is 14.1 Å². The molecule has 140 valence electrons. The zero-order valence-electron chi connectivity index (χ0n) is 16.2. The minimum atomic E-state index is -1.95. The van der Waals surface area contributed by atoms with E-state index in [1.165, 1.54) is 0 Å². The number of nitrogens with one attached hydrogen (secondary N) is 1. The number of ketones is 1.